The minimum absolute atomic E-state index is 0.0000728. The number of rotatable bonds is 10. The van der Waals surface area contributed by atoms with E-state index < -0.39 is 11.8 Å². The lowest BCUT2D eigenvalue weighted by atomic mass is 9.66. The van der Waals surface area contributed by atoms with E-state index in [2.05, 4.69) is 5.32 Å². The largest absolute Gasteiger partial charge is 0.326 e. The van der Waals surface area contributed by atoms with Crippen LogP contribution in [0.25, 0.3) is 0 Å². The van der Waals surface area contributed by atoms with E-state index in [4.69, 9.17) is 5.21 Å². The molecular formula is C28H36N2O4. The highest BCUT2D eigenvalue weighted by Crippen LogP contribution is 2.40. The first kappa shape index (κ1) is 25.6. The molecule has 0 spiro atoms. The van der Waals surface area contributed by atoms with Crippen LogP contribution in [-0.4, -0.2) is 22.8 Å². The number of carbonyl (C=O) groups is 3. The summed E-state index contributed by atoms with van der Waals surface area (Å²) in [6.07, 6.45) is 3.74. The van der Waals surface area contributed by atoms with Crippen LogP contribution in [0.3, 0.4) is 0 Å². The number of nitrogens with one attached hydrogen (secondary N) is 2. The number of hydrogen-bond acceptors (Lipinski definition) is 4. The number of ketones is 1. The predicted molar refractivity (Wildman–Crippen MR) is 132 cm³/mol. The molecule has 1 fully saturated rings. The number of anilines is 1. The SMILES string of the molecule is CC(C)C(C(=O)Nc1ccccc1)C1CCC[C@H](C(CCc2ccccc2)CC(=O)NO)C1=O. The van der Waals surface area contributed by atoms with Gasteiger partial charge in [0.05, 0.1) is 5.92 Å². The van der Waals surface area contributed by atoms with Crippen LogP contribution in [0.1, 0.15) is 51.5 Å². The summed E-state index contributed by atoms with van der Waals surface area (Å²) >= 11 is 0. The predicted octanol–water partition coefficient (Wildman–Crippen LogP) is 5.03. The minimum atomic E-state index is -0.477. The van der Waals surface area contributed by atoms with Crippen molar-refractivity contribution in [2.75, 3.05) is 5.32 Å². The molecule has 0 aliphatic heterocycles. The second kappa shape index (κ2) is 12.5. The van der Waals surface area contributed by atoms with Crippen molar-refractivity contribution in [2.24, 2.45) is 29.6 Å². The quantitative estimate of drug-likeness (QED) is 0.340. The average Bonchev–Trinajstić information content (AvgIpc) is 2.84. The Kier molecular flexibility index (Phi) is 9.40. The highest BCUT2D eigenvalue weighted by molar-refractivity contribution is 5.97. The second-order valence-electron chi connectivity index (χ2n) is 9.69. The normalized spacial score (nSPS) is 19.9. The molecule has 0 aromatic heterocycles. The van der Waals surface area contributed by atoms with Gasteiger partial charge in [0.1, 0.15) is 5.78 Å². The minimum Gasteiger partial charge on any atom is -0.326 e. The van der Waals surface area contributed by atoms with Gasteiger partial charge in [-0.3, -0.25) is 19.6 Å². The van der Waals surface area contributed by atoms with Crippen LogP contribution >= 0.6 is 0 Å². The molecule has 6 heteroatoms. The summed E-state index contributed by atoms with van der Waals surface area (Å²) in [7, 11) is 0. The van der Waals surface area contributed by atoms with Crippen LogP contribution in [0.15, 0.2) is 60.7 Å². The number of carbonyl (C=O) groups excluding carboxylic acids is 3. The van der Waals surface area contributed by atoms with Crippen molar-refractivity contribution in [1.29, 1.82) is 0 Å². The molecule has 34 heavy (non-hydrogen) atoms. The molecule has 0 bridgehead atoms. The second-order valence-corrected chi connectivity index (χ2v) is 9.69. The molecule has 4 atom stereocenters. The number of para-hydroxylation sites is 1. The van der Waals surface area contributed by atoms with Gasteiger partial charge in [0, 0.05) is 23.9 Å². The van der Waals surface area contributed by atoms with E-state index >= 15 is 0 Å². The summed E-state index contributed by atoms with van der Waals surface area (Å²) in [5.41, 5.74) is 3.60. The number of benzene rings is 2. The van der Waals surface area contributed by atoms with Crippen molar-refractivity contribution < 1.29 is 19.6 Å². The lowest BCUT2D eigenvalue weighted by Crippen LogP contribution is -2.44. The lowest BCUT2D eigenvalue weighted by molar-refractivity contribution is -0.140. The molecule has 3 unspecified atom stereocenters. The van der Waals surface area contributed by atoms with Crippen LogP contribution in [0.4, 0.5) is 5.69 Å². The number of aryl methyl sites for hydroxylation is 1. The van der Waals surface area contributed by atoms with Crippen LogP contribution in [0.2, 0.25) is 0 Å². The molecule has 1 aliphatic rings. The van der Waals surface area contributed by atoms with Crippen LogP contribution in [0.5, 0.6) is 0 Å². The first-order valence-corrected chi connectivity index (χ1v) is 12.3. The van der Waals surface area contributed by atoms with Crippen LogP contribution in [-0.2, 0) is 20.8 Å². The van der Waals surface area contributed by atoms with Gasteiger partial charge in [0.2, 0.25) is 11.8 Å². The zero-order chi connectivity index (χ0) is 24.5. The molecule has 0 radical (unpaired) electrons. The van der Waals surface area contributed by atoms with E-state index in [0.29, 0.717) is 19.3 Å². The summed E-state index contributed by atoms with van der Waals surface area (Å²) in [6, 6.07) is 19.3. The molecule has 0 heterocycles. The fourth-order valence-electron chi connectivity index (χ4n) is 5.36. The van der Waals surface area contributed by atoms with Gasteiger partial charge in [-0.05, 0) is 55.2 Å². The fourth-order valence-corrected chi connectivity index (χ4v) is 5.36. The van der Waals surface area contributed by atoms with Crippen molar-refractivity contribution >= 4 is 23.3 Å². The topological polar surface area (TPSA) is 95.5 Å². The zero-order valence-corrected chi connectivity index (χ0v) is 20.1. The Bertz CT molecular complexity index is 945. The highest BCUT2D eigenvalue weighted by Gasteiger charge is 2.43. The molecule has 2 amide bonds. The molecular weight excluding hydrogens is 428 g/mol. The van der Waals surface area contributed by atoms with Crippen LogP contribution in [0, 0.1) is 29.6 Å². The van der Waals surface area contributed by atoms with Crippen LogP contribution < -0.4 is 10.8 Å². The molecule has 3 N–H and O–H groups in total. The molecule has 0 saturated heterocycles. The Morgan fingerprint density at radius 1 is 0.971 bits per heavy atom. The third kappa shape index (κ3) is 6.76. The maximum absolute atomic E-state index is 13.8. The number of Topliss-reactive ketones (excluding diaryl/α,β-unsaturated/α-hetero) is 1. The summed E-state index contributed by atoms with van der Waals surface area (Å²) in [4.78, 5) is 39.1. The highest BCUT2D eigenvalue weighted by atomic mass is 16.5. The Morgan fingerprint density at radius 2 is 1.59 bits per heavy atom. The van der Waals surface area contributed by atoms with Crippen molar-refractivity contribution in [1.82, 2.24) is 5.48 Å². The number of hydrogen-bond donors (Lipinski definition) is 3. The lowest BCUT2D eigenvalue weighted by Gasteiger charge is -2.37. The van der Waals surface area contributed by atoms with E-state index in [1.807, 2.05) is 74.5 Å². The number of amides is 2. The smallest absolute Gasteiger partial charge is 0.243 e. The first-order chi connectivity index (χ1) is 16.4. The molecule has 2 aromatic carbocycles. The standard InChI is InChI=1S/C28H36N2O4/c1-19(2)26(28(33)29-22-12-7-4-8-13-22)24-15-9-14-23(27(24)32)21(18-25(31)30-34)17-16-20-10-5-3-6-11-20/h3-8,10-13,19,21,23-24,26,34H,9,14-18H2,1-2H3,(H,29,33)(H,30,31)/t21?,23-,24?,26?/m1/s1. The molecule has 6 nitrogen and oxygen atoms in total. The molecule has 1 aliphatic carbocycles. The van der Waals surface area contributed by atoms with E-state index in [9.17, 15) is 14.4 Å². The van der Waals surface area contributed by atoms with Crippen molar-refractivity contribution in [3.8, 4) is 0 Å². The van der Waals surface area contributed by atoms with Crippen molar-refractivity contribution in [2.45, 2.75) is 52.4 Å². The average molecular weight is 465 g/mol. The number of hydroxylamine groups is 1. The molecule has 3 rings (SSSR count). The van der Waals surface area contributed by atoms with Gasteiger partial charge in [-0.1, -0.05) is 68.8 Å². The van der Waals surface area contributed by atoms with Gasteiger partial charge in [0.15, 0.2) is 0 Å². The van der Waals surface area contributed by atoms with Crippen molar-refractivity contribution in [3.05, 3.63) is 66.2 Å². The van der Waals surface area contributed by atoms with E-state index in [0.717, 1.165) is 24.1 Å². The maximum atomic E-state index is 13.8. The fraction of sp³-hybridized carbons (Fsp3) is 0.464. The third-order valence-corrected chi connectivity index (χ3v) is 7.04. The maximum Gasteiger partial charge on any atom is 0.243 e. The summed E-state index contributed by atoms with van der Waals surface area (Å²) < 4.78 is 0. The Labute approximate surface area is 202 Å². The third-order valence-electron chi connectivity index (χ3n) is 7.04. The Hall–Kier alpha value is -2.99. The van der Waals surface area contributed by atoms with E-state index in [-0.39, 0.29) is 41.8 Å². The van der Waals surface area contributed by atoms with Gasteiger partial charge in [-0.2, -0.15) is 0 Å². The molecule has 1 saturated carbocycles. The first-order valence-electron chi connectivity index (χ1n) is 12.3. The monoisotopic (exact) mass is 464 g/mol. The Morgan fingerprint density at radius 3 is 2.21 bits per heavy atom. The summed E-state index contributed by atoms with van der Waals surface area (Å²) in [5, 5.41) is 12.1. The van der Waals surface area contributed by atoms with Gasteiger partial charge in [-0.25, -0.2) is 5.48 Å². The van der Waals surface area contributed by atoms with Gasteiger partial charge >= 0.3 is 0 Å². The van der Waals surface area contributed by atoms with E-state index in [1.54, 1.807) is 5.48 Å². The van der Waals surface area contributed by atoms with Crippen molar-refractivity contribution in [3.63, 3.8) is 0 Å². The van der Waals surface area contributed by atoms with E-state index in [1.165, 1.54) is 0 Å². The van der Waals surface area contributed by atoms with Gasteiger partial charge in [-0.15, -0.1) is 0 Å². The van der Waals surface area contributed by atoms with Gasteiger partial charge in [0.25, 0.3) is 0 Å². The summed E-state index contributed by atoms with van der Waals surface area (Å²) in [5.74, 6) is -1.82. The zero-order valence-electron chi connectivity index (χ0n) is 20.1. The molecule has 2 aromatic rings. The molecule has 182 valence electrons. The van der Waals surface area contributed by atoms with Gasteiger partial charge < -0.3 is 5.32 Å². The Balaban J connectivity index is 1.77. The summed E-state index contributed by atoms with van der Waals surface area (Å²) in [6.45, 7) is 3.97.